The third-order valence-electron chi connectivity index (χ3n) is 5.85. The Morgan fingerprint density at radius 2 is 1.67 bits per heavy atom. The lowest BCUT2D eigenvalue weighted by Crippen LogP contribution is -2.49. The average molecular weight is 404 g/mol. The first-order valence-corrected chi connectivity index (χ1v) is 10.8. The van der Waals surface area contributed by atoms with Gasteiger partial charge in [0.25, 0.3) is 0 Å². The Morgan fingerprint density at radius 1 is 1.00 bits per heavy atom. The number of rotatable bonds is 7. The van der Waals surface area contributed by atoms with Gasteiger partial charge in [-0.2, -0.15) is 0 Å². The molecule has 1 unspecified atom stereocenters. The first kappa shape index (κ1) is 20.4. The van der Waals surface area contributed by atoms with Gasteiger partial charge in [-0.25, -0.2) is 4.98 Å². The highest BCUT2D eigenvalue weighted by Gasteiger charge is 2.27. The zero-order valence-electron chi connectivity index (χ0n) is 17.5. The summed E-state index contributed by atoms with van der Waals surface area (Å²) < 4.78 is 6.02. The summed E-state index contributed by atoms with van der Waals surface area (Å²) in [5, 5.41) is 0. The standard InChI is InChI=1S/C25H29N3O2/c1-20(25-26-19-23(30-25)22-12-6-3-7-13-22)27-15-17-28(18-16-27)24(29)14-8-11-21-9-4-2-5-10-21/h2-7,9-10,12-13,19-20H,8,11,14-18H2,1H3. The van der Waals surface area contributed by atoms with Gasteiger partial charge in [0.05, 0.1) is 12.2 Å². The van der Waals surface area contributed by atoms with Gasteiger partial charge in [-0.15, -0.1) is 0 Å². The van der Waals surface area contributed by atoms with Crippen LogP contribution in [-0.4, -0.2) is 46.9 Å². The number of carbonyl (C=O) groups excluding carboxylic acids is 1. The number of oxazole rings is 1. The zero-order chi connectivity index (χ0) is 20.8. The molecule has 0 radical (unpaired) electrons. The Labute approximate surface area is 178 Å². The number of aryl methyl sites for hydroxylation is 1. The molecule has 0 bridgehead atoms. The fraction of sp³-hybridized carbons (Fsp3) is 0.360. The van der Waals surface area contributed by atoms with Crippen LogP contribution in [0.3, 0.4) is 0 Å². The van der Waals surface area contributed by atoms with Crippen LogP contribution in [0.4, 0.5) is 0 Å². The summed E-state index contributed by atoms with van der Waals surface area (Å²) in [4.78, 5) is 21.4. The van der Waals surface area contributed by atoms with Crippen LogP contribution in [-0.2, 0) is 11.2 Å². The SMILES string of the molecule is CC(c1ncc(-c2ccccc2)o1)N1CCN(C(=O)CCCc2ccccc2)CC1. The molecule has 1 aliphatic rings. The van der Waals surface area contributed by atoms with Crippen molar-refractivity contribution in [2.45, 2.75) is 32.2 Å². The van der Waals surface area contributed by atoms with Gasteiger partial charge in [-0.1, -0.05) is 60.7 Å². The molecule has 5 heteroatoms. The van der Waals surface area contributed by atoms with Crippen LogP contribution in [0.2, 0.25) is 0 Å². The molecule has 30 heavy (non-hydrogen) atoms. The molecule has 2 aromatic carbocycles. The Bertz CT molecular complexity index is 931. The van der Waals surface area contributed by atoms with Crippen molar-refractivity contribution >= 4 is 5.91 Å². The van der Waals surface area contributed by atoms with Gasteiger partial charge < -0.3 is 9.32 Å². The predicted molar refractivity (Wildman–Crippen MR) is 118 cm³/mol. The summed E-state index contributed by atoms with van der Waals surface area (Å²) in [6, 6.07) is 20.5. The van der Waals surface area contributed by atoms with Gasteiger partial charge >= 0.3 is 0 Å². The van der Waals surface area contributed by atoms with E-state index in [2.05, 4.69) is 28.9 Å². The van der Waals surface area contributed by atoms with Crippen LogP contribution in [0.1, 0.15) is 37.3 Å². The highest BCUT2D eigenvalue weighted by molar-refractivity contribution is 5.76. The van der Waals surface area contributed by atoms with Crippen LogP contribution in [0, 0.1) is 0 Å². The van der Waals surface area contributed by atoms with Crippen molar-refractivity contribution in [2.24, 2.45) is 0 Å². The van der Waals surface area contributed by atoms with Gasteiger partial charge in [0.2, 0.25) is 11.8 Å². The summed E-state index contributed by atoms with van der Waals surface area (Å²) in [7, 11) is 0. The molecule has 0 N–H and O–H groups in total. The van der Waals surface area contributed by atoms with Crippen LogP contribution in [0.15, 0.2) is 71.3 Å². The van der Waals surface area contributed by atoms with Crippen molar-refractivity contribution in [3.63, 3.8) is 0 Å². The van der Waals surface area contributed by atoms with Crippen molar-refractivity contribution in [2.75, 3.05) is 26.2 Å². The van der Waals surface area contributed by atoms with E-state index < -0.39 is 0 Å². The predicted octanol–water partition coefficient (Wildman–Crippen LogP) is 4.57. The first-order chi connectivity index (χ1) is 14.7. The summed E-state index contributed by atoms with van der Waals surface area (Å²) in [5.41, 5.74) is 2.33. The van der Waals surface area contributed by atoms with Crippen molar-refractivity contribution < 1.29 is 9.21 Å². The Morgan fingerprint density at radius 3 is 2.37 bits per heavy atom. The molecule has 0 spiro atoms. The third-order valence-corrected chi connectivity index (χ3v) is 5.85. The number of amides is 1. The minimum Gasteiger partial charge on any atom is -0.439 e. The molecule has 0 saturated carbocycles. The number of hydrogen-bond donors (Lipinski definition) is 0. The van der Waals surface area contributed by atoms with Gasteiger partial charge in [0.1, 0.15) is 0 Å². The summed E-state index contributed by atoms with van der Waals surface area (Å²) in [6.07, 6.45) is 4.27. The van der Waals surface area contributed by atoms with Crippen LogP contribution in [0.5, 0.6) is 0 Å². The Kier molecular flexibility index (Phi) is 6.60. The van der Waals surface area contributed by atoms with Crippen LogP contribution >= 0.6 is 0 Å². The van der Waals surface area contributed by atoms with Crippen LogP contribution < -0.4 is 0 Å². The molecule has 3 aromatic rings. The van der Waals surface area contributed by atoms with Crippen molar-refractivity contribution in [1.29, 1.82) is 0 Å². The molecule has 2 heterocycles. The average Bonchev–Trinajstić information content (AvgIpc) is 3.30. The van der Waals surface area contributed by atoms with Crippen molar-refractivity contribution in [3.05, 3.63) is 78.3 Å². The minimum absolute atomic E-state index is 0.0952. The summed E-state index contributed by atoms with van der Waals surface area (Å²) in [5.74, 6) is 1.79. The Hall–Kier alpha value is -2.92. The monoisotopic (exact) mass is 403 g/mol. The van der Waals surface area contributed by atoms with Gasteiger partial charge in [-0.05, 0) is 25.3 Å². The lowest BCUT2D eigenvalue weighted by atomic mass is 10.1. The van der Waals surface area contributed by atoms with E-state index in [-0.39, 0.29) is 11.9 Å². The van der Waals surface area contributed by atoms with E-state index in [1.54, 1.807) is 6.20 Å². The fourth-order valence-corrected chi connectivity index (χ4v) is 3.98. The maximum Gasteiger partial charge on any atom is 0.222 e. The quantitative estimate of drug-likeness (QED) is 0.580. The number of piperazine rings is 1. The second-order valence-electron chi connectivity index (χ2n) is 7.86. The number of carbonyl (C=O) groups is 1. The zero-order valence-corrected chi connectivity index (χ0v) is 17.5. The molecule has 156 valence electrons. The minimum atomic E-state index is 0.0952. The second kappa shape index (κ2) is 9.72. The second-order valence-corrected chi connectivity index (χ2v) is 7.86. The molecule has 1 saturated heterocycles. The molecule has 5 nitrogen and oxygen atoms in total. The van der Waals surface area contributed by atoms with E-state index in [1.807, 2.05) is 53.4 Å². The Balaban J connectivity index is 1.25. The molecule has 0 aliphatic carbocycles. The van der Waals surface area contributed by atoms with Gasteiger partial charge in [-0.3, -0.25) is 9.69 Å². The molecule has 1 fully saturated rings. The number of benzene rings is 2. The first-order valence-electron chi connectivity index (χ1n) is 10.8. The molecular formula is C25H29N3O2. The molecule has 4 rings (SSSR count). The molecule has 1 atom stereocenters. The van der Waals surface area contributed by atoms with Crippen molar-refractivity contribution in [1.82, 2.24) is 14.8 Å². The molecule has 1 amide bonds. The lowest BCUT2D eigenvalue weighted by molar-refractivity contribution is -0.133. The lowest BCUT2D eigenvalue weighted by Gasteiger charge is -2.37. The topological polar surface area (TPSA) is 49.6 Å². The largest absolute Gasteiger partial charge is 0.439 e. The van der Waals surface area contributed by atoms with E-state index in [9.17, 15) is 4.79 Å². The van der Waals surface area contributed by atoms with Crippen molar-refractivity contribution in [3.8, 4) is 11.3 Å². The number of hydrogen-bond acceptors (Lipinski definition) is 4. The summed E-state index contributed by atoms with van der Waals surface area (Å²) in [6.45, 7) is 5.34. The van der Waals surface area contributed by atoms with E-state index in [4.69, 9.17) is 4.42 Å². The fourth-order valence-electron chi connectivity index (χ4n) is 3.98. The van der Waals surface area contributed by atoms with Crippen LogP contribution in [0.25, 0.3) is 11.3 Å². The van der Waals surface area contributed by atoms with E-state index >= 15 is 0 Å². The van der Waals surface area contributed by atoms with E-state index in [1.165, 1.54) is 5.56 Å². The van der Waals surface area contributed by atoms with E-state index in [0.717, 1.165) is 56.2 Å². The molecular weight excluding hydrogens is 374 g/mol. The molecule has 1 aliphatic heterocycles. The number of nitrogens with zero attached hydrogens (tertiary/aromatic N) is 3. The van der Waals surface area contributed by atoms with Gasteiger partial charge in [0.15, 0.2) is 5.76 Å². The smallest absolute Gasteiger partial charge is 0.222 e. The summed E-state index contributed by atoms with van der Waals surface area (Å²) >= 11 is 0. The highest BCUT2D eigenvalue weighted by Crippen LogP contribution is 2.26. The highest BCUT2D eigenvalue weighted by atomic mass is 16.4. The van der Waals surface area contributed by atoms with Gasteiger partial charge in [0, 0.05) is 38.2 Å². The maximum absolute atomic E-state index is 12.6. The molecule has 1 aromatic heterocycles. The number of aromatic nitrogens is 1. The van der Waals surface area contributed by atoms with E-state index in [0.29, 0.717) is 6.42 Å². The normalized spacial score (nSPS) is 15.8. The third kappa shape index (κ3) is 4.97. The maximum atomic E-state index is 12.6.